The Balaban J connectivity index is 1.48. The Morgan fingerprint density at radius 2 is 1.71 bits per heavy atom. The predicted octanol–water partition coefficient (Wildman–Crippen LogP) is 7.54. The van der Waals surface area contributed by atoms with Gasteiger partial charge in [-0.2, -0.15) is 0 Å². The number of aromatic nitrogens is 1. The standard InChI is InChI=1S/C34H21N5O2/c1-37-23(17-35)15-29-25-10-11-27(31(29)19-40)33(30(25)16-24(18-36)38-2)22-6-3-5-20(13-22)21-8-9-26-28-7-4-12-39-34(28)41-32(26)14-21/h3-9,12-16,19,25,27,30,33H,10-11H2/b23-15-,24-16+. The summed E-state index contributed by atoms with van der Waals surface area (Å²) in [5, 5.41) is 20.9. The van der Waals surface area contributed by atoms with Gasteiger partial charge in [0, 0.05) is 17.0 Å². The van der Waals surface area contributed by atoms with E-state index in [-0.39, 0.29) is 35.1 Å². The van der Waals surface area contributed by atoms with Crippen LogP contribution in [0.4, 0.5) is 0 Å². The molecule has 7 heteroatoms. The highest BCUT2D eigenvalue weighted by Crippen LogP contribution is 2.57. The van der Waals surface area contributed by atoms with Crippen molar-refractivity contribution >= 4 is 28.4 Å². The van der Waals surface area contributed by atoms with E-state index >= 15 is 0 Å². The molecule has 7 nitrogen and oxygen atoms in total. The van der Waals surface area contributed by atoms with Gasteiger partial charge in [-0.1, -0.05) is 36.4 Å². The molecular formula is C34H21N5O2. The molecule has 2 bridgehead atoms. The van der Waals surface area contributed by atoms with Crippen molar-refractivity contribution in [3.63, 3.8) is 0 Å². The molecule has 0 aliphatic heterocycles. The Labute approximate surface area is 236 Å². The van der Waals surface area contributed by atoms with Gasteiger partial charge in [-0.25, -0.2) is 25.2 Å². The predicted molar refractivity (Wildman–Crippen MR) is 153 cm³/mol. The molecule has 3 aliphatic rings. The summed E-state index contributed by atoms with van der Waals surface area (Å²) < 4.78 is 6.01. The Bertz CT molecular complexity index is 1970. The number of rotatable bonds is 5. The largest absolute Gasteiger partial charge is 0.438 e. The van der Waals surface area contributed by atoms with Crippen molar-refractivity contribution in [2.45, 2.75) is 18.8 Å². The van der Waals surface area contributed by atoms with Crippen molar-refractivity contribution < 1.29 is 9.21 Å². The lowest BCUT2D eigenvalue weighted by Crippen LogP contribution is -2.40. The molecule has 194 valence electrons. The van der Waals surface area contributed by atoms with Crippen LogP contribution >= 0.6 is 0 Å². The lowest BCUT2D eigenvalue weighted by atomic mass is 9.54. The van der Waals surface area contributed by atoms with Gasteiger partial charge in [-0.3, -0.25) is 4.79 Å². The second kappa shape index (κ2) is 10.4. The van der Waals surface area contributed by atoms with Crippen LogP contribution in [0.3, 0.4) is 0 Å². The van der Waals surface area contributed by atoms with E-state index in [1.807, 2.05) is 60.7 Å². The van der Waals surface area contributed by atoms with Crippen LogP contribution in [0.25, 0.3) is 42.9 Å². The molecule has 2 heterocycles. The minimum atomic E-state index is -0.252. The van der Waals surface area contributed by atoms with E-state index in [9.17, 15) is 15.3 Å². The first kappa shape index (κ1) is 25.5. The van der Waals surface area contributed by atoms with E-state index in [4.69, 9.17) is 17.6 Å². The van der Waals surface area contributed by atoms with Crippen molar-refractivity contribution in [2.75, 3.05) is 0 Å². The van der Waals surface area contributed by atoms with Crippen LogP contribution in [0.5, 0.6) is 0 Å². The van der Waals surface area contributed by atoms with Crippen molar-refractivity contribution in [3.8, 4) is 23.3 Å². The smallest absolute Gasteiger partial charge is 0.262 e. The number of pyridine rings is 1. The summed E-state index contributed by atoms with van der Waals surface area (Å²) in [6.45, 7) is 14.8. The van der Waals surface area contributed by atoms with Crippen LogP contribution in [-0.2, 0) is 4.79 Å². The number of benzene rings is 2. The molecule has 4 aromatic rings. The number of carbonyl (C=O) groups excluding carboxylic acids is 1. The van der Waals surface area contributed by atoms with Crippen LogP contribution in [-0.4, -0.2) is 11.3 Å². The lowest BCUT2D eigenvalue weighted by Gasteiger charge is -2.49. The Kier molecular flexibility index (Phi) is 6.49. The maximum atomic E-state index is 12.4. The minimum absolute atomic E-state index is 0.00526. The maximum absolute atomic E-state index is 12.4. The molecule has 1 fully saturated rings. The second-order valence-corrected chi connectivity index (χ2v) is 10.2. The molecule has 0 radical (unpaired) electrons. The van der Waals surface area contributed by atoms with E-state index in [0.29, 0.717) is 16.9 Å². The number of fused-ring (bicyclic) bond motifs is 5. The molecular weight excluding hydrogens is 510 g/mol. The summed E-state index contributed by atoms with van der Waals surface area (Å²) in [6, 6.07) is 22.0. The van der Waals surface area contributed by atoms with Crippen LogP contribution < -0.4 is 0 Å². The van der Waals surface area contributed by atoms with Crippen LogP contribution in [0, 0.1) is 53.6 Å². The molecule has 4 atom stereocenters. The number of allylic oxidation sites excluding steroid dienone is 6. The van der Waals surface area contributed by atoms with Gasteiger partial charge in [-0.05, 0) is 94.7 Å². The highest BCUT2D eigenvalue weighted by Gasteiger charge is 2.47. The summed E-state index contributed by atoms with van der Waals surface area (Å²) in [5.41, 5.74) is 5.44. The van der Waals surface area contributed by atoms with Gasteiger partial charge >= 0.3 is 0 Å². The summed E-state index contributed by atoms with van der Waals surface area (Å²) in [5.74, 6) is -0.796. The molecule has 2 aromatic heterocycles. The summed E-state index contributed by atoms with van der Waals surface area (Å²) >= 11 is 0. The van der Waals surface area contributed by atoms with Crippen LogP contribution in [0.2, 0.25) is 0 Å². The first-order valence-electron chi connectivity index (χ1n) is 13.2. The fraction of sp³-hybridized carbons (Fsp3) is 0.176. The van der Waals surface area contributed by atoms with Crippen LogP contribution in [0.1, 0.15) is 24.3 Å². The average molecular weight is 532 g/mol. The fourth-order valence-corrected chi connectivity index (χ4v) is 6.64. The molecule has 0 N–H and O–H groups in total. The van der Waals surface area contributed by atoms with E-state index in [2.05, 4.69) is 20.7 Å². The Morgan fingerprint density at radius 1 is 0.927 bits per heavy atom. The highest BCUT2D eigenvalue weighted by atomic mass is 16.3. The van der Waals surface area contributed by atoms with Crippen molar-refractivity contribution in [3.05, 3.63) is 124 Å². The average Bonchev–Trinajstić information content (AvgIpc) is 3.40. The van der Waals surface area contributed by atoms with E-state index in [1.165, 1.54) is 6.08 Å². The third-order valence-electron chi connectivity index (χ3n) is 8.33. The van der Waals surface area contributed by atoms with Gasteiger partial charge < -0.3 is 4.42 Å². The van der Waals surface area contributed by atoms with Gasteiger partial charge in [0.15, 0.2) is 0 Å². The molecule has 3 aliphatic carbocycles. The number of hydrogen-bond donors (Lipinski definition) is 0. The van der Waals surface area contributed by atoms with E-state index in [0.717, 1.165) is 52.2 Å². The number of nitriles is 2. The van der Waals surface area contributed by atoms with Gasteiger partial charge in [0.05, 0.1) is 25.3 Å². The Morgan fingerprint density at radius 3 is 2.46 bits per heavy atom. The quantitative estimate of drug-likeness (QED) is 0.150. The Hall–Kier alpha value is -5.76. The zero-order chi connectivity index (χ0) is 28.5. The molecule has 41 heavy (non-hydrogen) atoms. The number of nitrogens with zero attached hydrogens (tertiary/aromatic N) is 5. The molecule has 2 aromatic carbocycles. The van der Waals surface area contributed by atoms with Crippen molar-refractivity contribution in [1.29, 1.82) is 10.5 Å². The summed E-state index contributed by atoms with van der Waals surface area (Å²) in [7, 11) is 0. The van der Waals surface area contributed by atoms with Crippen molar-refractivity contribution in [2.24, 2.45) is 17.8 Å². The number of carbonyl (C=O) groups is 1. The van der Waals surface area contributed by atoms with Gasteiger partial charge in [0.25, 0.3) is 11.4 Å². The van der Waals surface area contributed by atoms with E-state index < -0.39 is 0 Å². The number of furan rings is 1. The molecule has 7 rings (SSSR count). The van der Waals surface area contributed by atoms with Crippen LogP contribution in [0.15, 0.2) is 99.9 Å². The molecule has 1 saturated carbocycles. The molecule has 0 amide bonds. The highest BCUT2D eigenvalue weighted by molar-refractivity contribution is 6.04. The maximum Gasteiger partial charge on any atom is 0.262 e. The van der Waals surface area contributed by atoms with Gasteiger partial charge in [0.2, 0.25) is 5.71 Å². The zero-order valence-electron chi connectivity index (χ0n) is 21.8. The second-order valence-electron chi connectivity index (χ2n) is 10.2. The molecule has 4 unspecified atom stereocenters. The summed E-state index contributed by atoms with van der Waals surface area (Å²) in [4.78, 5) is 23.5. The van der Waals surface area contributed by atoms with Gasteiger partial charge in [-0.15, -0.1) is 0 Å². The molecule has 0 saturated heterocycles. The SMILES string of the molecule is [C-]#[N+]/C(C#N)=C\C1=C(C=O)C2CCC1C(/C=C(\C#N)[N+]#[C-])C2c1cccc(-c2ccc3c(c2)oc2ncccc23)c1. The topological polar surface area (TPSA) is 99.4 Å². The fourth-order valence-electron chi connectivity index (χ4n) is 6.64. The van der Waals surface area contributed by atoms with Crippen molar-refractivity contribution in [1.82, 2.24) is 4.98 Å². The summed E-state index contributed by atoms with van der Waals surface area (Å²) in [6.07, 6.45) is 7.27. The third kappa shape index (κ3) is 4.28. The first-order valence-corrected chi connectivity index (χ1v) is 13.2. The zero-order valence-corrected chi connectivity index (χ0v) is 21.8. The lowest BCUT2D eigenvalue weighted by molar-refractivity contribution is -0.106. The first-order chi connectivity index (χ1) is 20.1. The number of hydrogen-bond acceptors (Lipinski definition) is 5. The van der Waals surface area contributed by atoms with Gasteiger partial charge in [0.1, 0.15) is 11.9 Å². The molecule has 0 spiro atoms. The number of aldehydes is 1. The minimum Gasteiger partial charge on any atom is -0.438 e. The van der Waals surface area contributed by atoms with E-state index in [1.54, 1.807) is 12.3 Å². The monoisotopic (exact) mass is 531 g/mol. The third-order valence-corrected chi connectivity index (χ3v) is 8.33. The normalized spacial score (nSPS) is 22.1.